The van der Waals surface area contributed by atoms with E-state index in [0.717, 1.165) is 21.0 Å². The molecule has 90 valence electrons. The molecule has 0 saturated carbocycles. The molecule has 1 unspecified atom stereocenters. The van der Waals surface area contributed by atoms with Crippen molar-refractivity contribution in [3.8, 4) is 0 Å². The molecule has 0 amide bonds. The number of benzene rings is 1. The van der Waals surface area contributed by atoms with Crippen LogP contribution in [0.3, 0.4) is 0 Å². The van der Waals surface area contributed by atoms with Gasteiger partial charge in [0.1, 0.15) is 0 Å². The number of halogens is 1. The van der Waals surface area contributed by atoms with Crippen LogP contribution in [-0.4, -0.2) is 12.0 Å². The molecular weight excluding hydrogens is 298 g/mol. The van der Waals surface area contributed by atoms with E-state index in [4.69, 9.17) is 0 Å². The van der Waals surface area contributed by atoms with Gasteiger partial charge in [-0.15, -0.1) is 11.3 Å². The molecule has 0 bridgehead atoms. The highest BCUT2D eigenvalue weighted by molar-refractivity contribution is 9.10. The van der Waals surface area contributed by atoms with Crippen LogP contribution in [0.15, 0.2) is 34.1 Å². The minimum atomic E-state index is 0.279. The molecule has 0 aliphatic carbocycles. The molecule has 1 aromatic carbocycles. The van der Waals surface area contributed by atoms with E-state index in [-0.39, 0.29) is 6.04 Å². The molecule has 0 aliphatic heterocycles. The van der Waals surface area contributed by atoms with Gasteiger partial charge in [0.15, 0.2) is 5.13 Å². The van der Waals surface area contributed by atoms with Crippen LogP contribution in [0.25, 0.3) is 0 Å². The Balaban J connectivity index is 2.14. The summed E-state index contributed by atoms with van der Waals surface area (Å²) in [7, 11) is 1.94. The molecule has 1 aromatic heterocycles. The van der Waals surface area contributed by atoms with Gasteiger partial charge in [-0.2, -0.15) is 0 Å². The summed E-state index contributed by atoms with van der Waals surface area (Å²) in [5.41, 5.74) is 2.09. The van der Waals surface area contributed by atoms with Crippen molar-refractivity contribution in [3.05, 3.63) is 39.8 Å². The van der Waals surface area contributed by atoms with Gasteiger partial charge in [-0.05, 0) is 42.0 Å². The molecule has 2 rings (SSSR count). The monoisotopic (exact) mass is 311 g/mol. The second kappa shape index (κ2) is 5.62. The Morgan fingerprint density at radius 3 is 2.82 bits per heavy atom. The van der Waals surface area contributed by atoms with Crippen LogP contribution in [-0.2, 0) is 0 Å². The zero-order valence-electron chi connectivity index (χ0n) is 9.70. The van der Waals surface area contributed by atoms with Crippen LogP contribution in [0.2, 0.25) is 0 Å². The molecule has 0 spiro atoms. The summed E-state index contributed by atoms with van der Waals surface area (Å²) >= 11 is 5.12. The molecule has 0 fully saturated rings. The Labute approximate surface area is 113 Å². The maximum absolute atomic E-state index is 4.54. The van der Waals surface area contributed by atoms with E-state index in [1.807, 2.05) is 31.3 Å². The molecule has 17 heavy (non-hydrogen) atoms. The SMILES string of the molecule is CNC(C)c1csc(Nc2ccccc2Br)n1. The number of aromatic nitrogens is 1. The average Bonchev–Trinajstić information content (AvgIpc) is 2.80. The Morgan fingerprint density at radius 1 is 1.35 bits per heavy atom. The second-order valence-corrected chi connectivity index (χ2v) is 5.41. The predicted molar refractivity (Wildman–Crippen MR) is 77.0 cm³/mol. The zero-order chi connectivity index (χ0) is 12.3. The molecule has 0 radical (unpaired) electrons. The third-order valence-corrected chi connectivity index (χ3v) is 3.98. The summed E-state index contributed by atoms with van der Waals surface area (Å²) < 4.78 is 1.04. The lowest BCUT2D eigenvalue weighted by molar-refractivity contribution is 0.637. The van der Waals surface area contributed by atoms with Crippen molar-refractivity contribution in [1.82, 2.24) is 10.3 Å². The normalized spacial score (nSPS) is 12.4. The van der Waals surface area contributed by atoms with E-state index >= 15 is 0 Å². The Bertz CT molecular complexity index is 498. The highest BCUT2D eigenvalue weighted by Crippen LogP contribution is 2.28. The lowest BCUT2D eigenvalue weighted by atomic mass is 10.3. The van der Waals surface area contributed by atoms with Gasteiger partial charge in [0.2, 0.25) is 0 Å². The quantitative estimate of drug-likeness (QED) is 0.898. The summed E-state index contributed by atoms with van der Waals surface area (Å²) in [6, 6.07) is 8.30. The molecule has 0 aliphatic rings. The largest absolute Gasteiger partial charge is 0.331 e. The third-order valence-electron chi connectivity index (χ3n) is 2.51. The van der Waals surface area contributed by atoms with E-state index < -0.39 is 0 Å². The van der Waals surface area contributed by atoms with E-state index in [1.54, 1.807) is 11.3 Å². The fourth-order valence-corrected chi connectivity index (χ4v) is 2.57. The third kappa shape index (κ3) is 3.06. The summed E-state index contributed by atoms with van der Waals surface area (Å²) in [5.74, 6) is 0. The van der Waals surface area contributed by atoms with Crippen molar-refractivity contribution in [2.75, 3.05) is 12.4 Å². The molecule has 3 nitrogen and oxygen atoms in total. The fraction of sp³-hybridized carbons (Fsp3) is 0.250. The van der Waals surface area contributed by atoms with Crippen LogP contribution in [0.1, 0.15) is 18.7 Å². The van der Waals surface area contributed by atoms with Crippen molar-refractivity contribution in [2.24, 2.45) is 0 Å². The van der Waals surface area contributed by atoms with Crippen LogP contribution in [0, 0.1) is 0 Å². The molecule has 5 heteroatoms. The van der Waals surface area contributed by atoms with E-state index in [2.05, 4.69) is 43.9 Å². The zero-order valence-corrected chi connectivity index (χ0v) is 12.1. The number of nitrogens with one attached hydrogen (secondary N) is 2. The number of para-hydroxylation sites is 1. The maximum atomic E-state index is 4.54. The maximum Gasteiger partial charge on any atom is 0.187 e. The minimum absolute atomic E-state index is 0.279. The smallest absolute Gasteiger partial charge is 0.187 e. The van der Waals surface area contributed by atoms with Crippen molar-refractivity contribution >= 4 is 38.1 Å². The molecule has 1 heterocycles. The number of rotatable bonds is 4. The van der Waals surface area contributed by atoms with Gasteiger partial charge in [0.05, 0.1) is 11.4 Å². The van der Waals surface area contributed by atoms with Crippen molar-refractivity contribution in [2.45, 2.75) is 13.0 Å². The van der Waals surface area contributed by atoms with Gasteiger partial charge in [0.25, 0.3) is 0 Å². The highest BCUT2D eigenvalue weighted by Gasteiger charge is 2.08. The summed E-state index contributed by atoms with van der Waals surface area (Å²) in [6.45, 7) is 2.09. The lowest BCUT2D eigenvalue weighted by Gasteiger charge is -2.06. The second-order valence-electron chi connectivity index (χ2n) is 3.69. The summed E-state index contributed by atoms with van der Waals surface area (Å²) in [6.07, 6.45) is 0. The average molecular weight is 312 g/mol. The number of nitrogens with zero attached hydrogens (tertiary/aromatic N) is 1. The first-order valence-corrected chi connectivity index (χ1v) is 7.02. The first-order valence-electron chi connectivity index (χ1n) is 5.35. The first-order chi connectivity index (χ1) is 8.20. The van der Waals surface area contributed by atoms with E-state index in [0.29, 0.717) is 0 Å². The van der Waals surface area contributed by atoms with Crippen LogP contribution in [0.4, 0.5) is 10.8 Å². The standard InChI is InChI=1S/C12H14BrN3S/c1-8(14-2)11-7-17-12(16-11)15-10-6-4-3-5-9(10)13/h3-8,14H,1-2H3,(H,15,16). The number of thiazole rings is 1. The first kappa shape index (κ1) is 12.5. The summed E-state index contributed by atoms with van der Waals surface area (Å²) in [4.78, 5) is 4.54. The Kier molecular flexibility index (Phi) is 4.15. The summed E-state index contributed by atoms with van der Waals surface area (Å²) in [5, 5.41) is 9.46. The number of hydrogen-bond acceptors (Lipinski definition) is 4. The number of hydrogen-bond donors (Lipinski definition) is 2. The van der Waals surface area contributed by atoms with E-state index in [1.165, 1.54) is 0 Å². The molecule has 2 N–H and O–H groups in total. The van der Waals surface area contributed by atoms with E-state index in [9.17, 15) is 0 Å². The Morgan fingerprint density at radius 2 is 2.12 bits per heavy atom. The molecule has 1 atom stereocenters. The fourth-order valence-electron chi connectivity index (χ4n) is 1.37. The molecule has 2 aromatic rings. The topological polar surface area (TPSA) is 37.0 Å². The van der Waals surface area contributed by atoms with Crippen molar-refractivity contribution in [1.29, 1.82) is 0 Å². The van der Waals surface area contributed by atoms with Gasteiger partial charge in [-0.1, -0.05) is 12.1 Å². The van der Waals surface area contributed by atoms with Crippen LogP contribution in [0.5, 0.6) is 0 Å². The van der Waals surface area contributed by atoms with Crippen molar-refractivity contribution in [3.63, 3.8) is 0 Å². The van der Waals surface area contributed by atoms with Gasteiger partial charge in [-0.25, -0.2) is 4.98 Å². The van der Waals surface area contributed by atoms with Gasteiger partial charge in [0, 0.05) is 15.9 Å². The van der Waals surface area contributed by atoms with Gasteiger partial charge < -0.3 is 10.6 Å². The van der Waals surface area contributed by atoms with Gasteiger partial charge >= 0.3 is 0 Å². The minimum Gasteiger partial charge on any atom is -0.331 e. The van der Waals surface area contributed by atoms with Crippen molar-refractivity contribution < 1.29 is 0 Å². The Hall–Kier alpha value is -0.910. The van der Waals surface area contributed by atoms with Crippen LogP contribution < -0.4 is 10.6 Å². The molecule has 0 saturated heterocycles. The lowest BCUT2D eigenvalue weighted by Crippen LogP contribution is -2.12. The highest BCUT2D eigenvalue weighted by atomic mass is 79.9. The predicted octanol–water partition coefficient (Wildman–Crippen LogP) is 3.93. The molecular formula is C12H14BrN3S. The van der Waals surface area contributed by atoms with Gasteiger partial charge in [-0.3, -0.25) is 0 Å². The van der Waals surface area contributed by atoms with Crippen LogP contribution >= 0.6 is 27.3 Å². The number of anilines is 2.